The molecule has 0 saturated heterocycles. The molecule has 2 aromatic heterocycles. The Bertz CT molecular complexity index is 979. The van der Waals surface area contributed by atoms with E-state index in [4.69, 9.17) is 10.5 Å². The SMILES string of the molecule is CCOCCn1cnc2c(N)nc3ccccc3c21.Cc1ccccc1. The average molecular weight is 348 g/mol. The molecule has 2 aromatic carbocycles. The Morgan fingerprint density at radius 3 is 2.46 bits per heavy atom. The summed E-state index contributed by atoms with van der Waals surface area (Å²) in [6, 6.07) is 18.2. The van der Waals surface area contributed by atoms with Gasteiger partial charge in [-0.25, -0.2) is 9.97 Å². The summed E-state index contributed by atoms with van der Waals surface area (Å²) in [5.41, 5.74) is 9.98. The predicted octanol–water partition coefficient (Wildman–Crippen LogP) is 4.20. The van der Waals surface area contributed by atoms with Crippen LogP contribution >= 0.6 is 0 Å². The lowest BCUT2D eigenvalue weighted by Crippen LogP contribution is -2.05. The van der Waals surface area contributed by atoms with Gasteiger partial charge >= 0.3 is 0 Å². The van der Waals surface area contributed by atoms with Crippen LogP contribution in [0.3, 0.4) is 0 Å². The van der Waals surface area contributed by atoms with E-state index in [0.717, 1.165) is 35.1 Å². The average Bonchev–Trinajstić information content (AvgIpc) is 3.08. The zero-order valence-electron chi connectivity index (χ0n) is 15.2. The molecule has 0 unspecified atom stereocenters. The Kier molecular flexibility index (Phi) is 5.81. The molecule has 0 amide bonds. The molecular formula is C21H24N4O. The third-order valence-electron chi connectivity index (χ3n) is 4.10. The van der Waals surface area contributed by atoms with Gasteiger partial charge in [-0.2, -0.15) is 0 Å². The van der Waals surface area contributed by atoms with E-state index < -0.39 is 0 Å². The number of ether oxygens (including phenoxy) is 1. The molecule has 134 valence electrons. The topological polar surface area (TPSA) is 66.0 Å². The summed E-state index contributed by atoms with van der Waals surface area (Å²) in [4.78, 5) is 8.75. The van der Waals surface area contributed by atoms with Gasteiger partial charge < -0.3 is 15.0 Å². The van der Waals surface area contributed by atoms with Crippen LogP contribution in [0, 0.1) is 6.92 Å². The minimum absolute atomic E-state index is 0.476. The van der Waals surface area contributed by atoms with Crippen LogP contribution in [0.2, 0.25) is 0 Å². The zero-order chi connectivity index (χ0) is 18.4. The summed E-state index contributed by atoms with van der Waals surface area (Å²) in [5.74, 6) is 0.476. The maximum Gasteiger partial charge on any atom is 0.152 e. The first kappa shape index (κ1) is 17.9. The molecule has 5 heteroatoms. The van der Waals surface area contributed by atoms with Gasteiger partial charge in [-0.05, 0) is 19.9 Å². The summed E-state index contributed by atoms with van der Waals surface area (Å²) in [6.07, 6.45) is 1.80. The van der Waals surface area contributed by atoms with Gasteiger partial charge in [-0.1, -0.05) is 54.1 Å². The number of anilines is 1. The van der Waals surface area contributed by atoms with Crippen LogP contribution in [0.15, 0.2) is 60.9 Å². The van der Waals surface area contributed by atoms with Crippen molar-refractivity contribution in [3.05, 3.63) is 66.5 Å². The second-order valence-electron chi connectivity index (χ2n) is 6.00. The summed E-state index contributed by atoms with van der Waals surface area (Å²) < 4.78 is 7.48. The van der Waals surface area contributed by atoms with Gasteiger partial charge in [0.1, 0.15) is 5.52 Å². The minimum atomic E-state index is 0.476. The van der Waals surface area contributed by atoms with Crippen LogP contribution in [-0.4, -0.2) is 27.7 Å². The van der Waals surface area contributed by atoms with Gasteiger partial charge in [0.2, 0.25) is 0 Å². The highest BCUT2D eigenvalue weighted by Gasteiger charge is 2.11. The number of nitrogen functional groups attached to an aromatic ring is 1. The predicted molar refractivity (Wildman–Crippen MR) is 107 cm³/mol. The van der Waals surface area contributed by atoms with Crippen molar-refractivity contribution < 1.29 is 4.74 Å². The van der Waals surface area contributed by atoms with Crippen molar-refractivity contribution >= 4 is 27.8 Å². The van der Waals surface area contributed by atoms with Crippen LogP contribution < -0.4 is 5.73 Å². The van der Waals surface area contributed by atoms with Gasteiger partial charge in [0.25, 0.3) is 0 Å². The van der Waals surface area contributed by atoms with Crippen molar-refractivity contribution in [2.45, 2.75) is 20.4 Å². The van der Waals surface area contributed by atoms with Crippen molar-refractivity contribution in [2.75, 3.05) is 18.9 Å². The number of nitrogens with two attached hydrogens (primary N) is 1. The molecule has 0 aliphatic rings. The van der Waals surface area contributed by atoms with Crippen LogP contribution in [0.1, 0.15) is 12.5 Å². The Labute approximate surface area is 153 Å². The fraction of sp³-hybridized carbons (Fsp3) is 0.238. The minimum Gasteiger partial charge on any atom is -0.382 e. The number of pyridine rings is 1. The molecule has 0 radical (unpaired) electrons. The maximum atomic E-state index is 5.97. The molecule has 0 aliphatic carbocycles. The summed E-state index contributed by atoms with van der Waals surface area (Å²) in [5, 5.41) is 1.07. The molecule has 0 aliphatic heterocycles. The molecule has 0 saturated carbocycles. The normalized spacial score (nSPS) is 10.7. The van der Waals surface area contributed by atoms with E-state index in [9.17, 15) is 0 Å². The molecule has 0 fully saturated rings. The van der Waals surface area contributed by atoms with E-state index in [-0.39, 0.29) is 0 Å². The van der Waals surface area contributed by atoms with E-state index in [1.165, 1.54) is 5.56 Å². The molecule has 2 N–H and O–H groups in total. The van der Waals surface area contributed by atoms with Gasteiger partial charge in [-0.15, -0.1) is 0 Å². The lowest BCUT2D eigenvalue weighted by atomic mass is 10.2. The lowest BCUT2D eigenvalue weighted by Gasteiger charge is -2.07. The number of fused-ring (bicyclic) bond motifs is 3. The fourth-order valence-electron chi connectivity index (χ4n) is 2.82. The highest BCUT2D eigenvalue weighted by molar-refractivity contribution is 6.06. The lowest BCUT2D eigenvalue weighted by molar-refractivity contribution is 0.140. The first-order valence-electron chi connectivity index (χ1n) is 8.79. The number of imidazole rings is 1. The smallest absolute Gasteiger partial charge is 0.152 e. The Morgan fingerprint density at radius 2 is 1.77 bits per heavy atom. The summed E-state index contributed by atoms with van der Waals surface area (Å²) >= 11 is 0. The van der Waals surface area contributed by atoms with E-state index in [1.54, 1.807) is 6.33 Å². The zero-order valence-corrected chi connectivity index (χ0v) is 15.2. The number of hydrogen-bond acceptors (Lipinski definition) is 4. The molecule has 4 aromatic rings. The van der Waals surface area contributed by atoms with Crippen LogP contribution in [0.25, 0.3) is 21.9 Å². The molecule has 2 heterocycles. The van der Waals surface area contributed by atoms with Crippen LogP contribution in [-0.2, 0) is 11.3 Å². The standard InChI is InChI=1S/C14H16N4O.C7H8/c1-2-19-8-7-18-9-16-12-13(18)10-5-3-4-6-11(10)17-14(12)15;1-7-5-3-2-4-6-7/h3-6,9H,2,7-8H2,1H3,(H2,15,17);2-6H,1H3. The number of benzene rings is 2. The Hall–Kier alpha value is -2.92. The van der Waals surface area contributed by atoms with Crippen molar-refractivity contribution in [1.29, 1.82) is 0 Å². The number of nitrogens with zero attached hydrogens (tertiary/aromatic N) is 3. The Morgan fingerprint density at radius 1 is 1.04 bits per heavy atom. The molecule has 26 heavy (non-hydrogen) atoms. The third kappa shape index (κ3) is 4.00. The van der Waals surface area contributed by atoms with E-state index in [0.29, 0.717) is 12.4 Å². The highest BCUT2D eigenvalue weighted by Crippen LogP contribution is 2.26. The summed E-state index contributed by atoms with van der Waals surface area (Å²) in [6.45, 7) is 6.22. The van der Waals surface area contributed by atoms with Gasteiger partial charge in [0, 0.05) is 18.5 Å². The Balaban J connectivity index is 0.000000236. The van der Waals surface area contributed by atoms with Crippen molar-refractivity contribution in [3.8, 4) is 0 Å². The van der Waals surface area contributed by atoms with Gasteiger partial charge in [0.05, 0.1) is 24.0 Å². The fourth-order valence-corrected chi connectivity index (χ4v) is 2.82. The first-order chi connectivity index (χ1) is 12.7. The monoisotopic (exact) mass is 348 g/mol. The number of hydrogen-bond donors (Lipinski definition) is 1. The summed E-state index contributed by atoms with van der Waals surface area (Å²) in [7, 11) is 0. The quantitative estimate of drug-likeness (QED) is 0.561. The van der Waals surface area contributed by atoms with E-state index in [1.807, 2.05) is 49.4 Å². The molecule has 0 spiro atoms. The second-order valence-corrected chi connectivity index (χ2v) is 6.00. The van der Waals surface area contributed by atoms with Crippen molar-refractivity contribution in [2.24, 2.45) is 0 Å². The molecule has 0 atom stereocenters. The van der Waals surface area contributed by atoms with E-state index in [2.05, 4.69) is 33.6 Å². The third-order valence-corrected chi connectivity index (χ3v) is 4.10. The molecular weight excluding hydrogens is 324 g/mol. The van der Waals surface area contributed by atoms with Gasteiger partial charge in [0.15, 0.2) is 5.82 Å². The highest BCUT2D eigenvalue weighted by atomic mass is 16.5. The first-order valence-corrected chi connectivity index (χ1v) is 8.79. The van der Waals surface area contributed by atoms with E-state index >= 15 is 0 Å². The van der Waals surface area contributed by atoms with Crippen LogP contribution in [0.4, 0.5) is 5.82 Å². The van der Waals surface area contributed by atoms with Crippen molar-refractivity contribution in [1.82, 2.24) is 14.5 Å². The van der Waals surface area contributed by atoms with Crippen molar-refractivity contribution in [3.63, 3.8) is 0 Å². The second kappa shape index (κ2) is 8.45. The van der Waals surface area contributed by atoms with Gasteiger partial charge in [-0.3, -0.25) is 0 Å². The molecule has 4 rings (SSSR count). The number of aromatic nitrogens is 3. The number of rotatable bonds is 4. The maximum absolute atomic E-state index is 5.97. The largest absolute Gasteiger partial charge is 0.382 e. The molecule has 0 bridgehead atoms. The number of para-hydroxylation sites is 1. The number of aryl methyl sites for hydroxylation is 1. The van der Waals surface area contributed by atoms with Crippen LogP contribution in [0.5, 0.6) is 0 Å². The molecule has 5 nitrogen and oxygen atoms in total.